The van der Waals surface area contributed by atoms with Crippen LogP contribution in [-0.2, 0) is 16.1 Å². The van der Waals surface area contributed by atoms with Gasteiger partial charge in [0.1, 0.15) is 0 Å². The molecule has 0 fully saturated rings. The van der Waals surface area contributed by atoms with Crippen LogP contribution < -0.4 is 5.32 Å². The second-order valence-electron chi connectivity index (χ2n) is 3.73. The molecule has 1 rings (SSSR count). The fraction of sp³-hybridized carbons (Fsp3) is 0.417. The topological polar surface area (TPSA) is 38.3 Å². The number of ether oxygens (including phenoxy) is 1. The molecule has 0 saturated heterocycles. The zero-order valence-corrected chi connectivity index (χ0v) is 10.3. The van der Waals surface area contributed by atoms with Gasteiger partial charge in [0.15, 0.2) is 0 Å². The van der Waals surface area contributed by atoms with E-state index < -0.39 is 0 Å². The largest absolute Gasteiger partial charge is 0.462 e. The van der Waals surface area contributed by atoms with Crippen molar-refractivity contribution in [1.29, 1.82) is 0 Å². The van der Waals surface area contributed by atoms with Gasteiger partial charge in [-0.15, -0.1) is 0 Å². The lowest BCUT2D eigenvalue weighted by atomic mass is 10.2. The lowest BCUT2D eigenvalue weighted by Gasteiger charge is -2.09. The molecule has 0 heterocycles. The molecular formula is C12H16ClNO2. The fourth-order valence-electron chi connectivity index (χ4n) is 1.25. The van der Waals surface area contributed by atoms with E-state index in [1.54, 1.807) is 0 Å². The summed E-state index contributed by atoms with van der Waals surface area (Å²) in [5.74, 6) is -0.248. The Morgan fingerprint density at radius 1 is 1.44 bits per heavy atom. The number of benzene rings is 1. The maximum absolute atomic E-state index is 11.2. The zero-order valence-electron chi connectivity index (χ0n) is 9.50. The van der Waals surface area contributed by atoms with E-state index in [2.05, 4.69) is 5.32 Å². The van der Waals surface area contributed by atoms with Crippen LogP contribution in [0.1, 0.15) is 19.4 Å². The summed E-state index contributed by atoms with van der Waals surface area (Å²) in [6, 6.07) is 7.53. The van der Waals surface area contributed by atoms with Crippen molar-refractivity contribution in [2.75, 3.05) is 6.54 Å². The highest BCUT2D eigenvalue weighted by Crippen LogP contribution is 2.13. The van der Waals surface area contributed by atoms with Gasteiger partial charge in [0.2, 0.25) is 0 Å². The SMILES string of the molecule is CC(C)OC(=O)CNCc1ccccc1Cl. The summed E-state index contributed by atoms with van der Waals surface area (Å²) in [4.78, 5) is 11.2. The van der Waals surface area contributed by atoms with Gasteiger partial charge in [-0.25, -0.2) is 0 Å². The molecule has 0 atom stereocenters. The molecule has 0 radical (unpaired) electrons. The third-order valence-corrected chi connectivity index (χ3v) is 2.28. The Morgan fingerprint density at radius 3 is 2.75 bits per heavy atom. The third-order valence-electron chi connectivity index (χ3n) is 1.91. The Balaban J connectivity index is 2.31. The maximum atomic E-state index is 11.2. The number of carbonyl (C=O) groups is 1. The van der Waals surface area contributed by atoms with E-state index in [1.807, 2.05) is 38.1 Å². The van der Waals surface area contributed by atoms with Gasteiger partial charge < -0.3 is 10.1 Å². The highest BCUT2D eigenvalue weighted by Gasteiger charge is 2.05. The van der Waals surface area contributed by atoms with Crippen LogP contribution in [0.4, 0.5) is 0 Å². The molecule has 0 spiro atoms. The summed E-state index contributed by atoms with van der Waals surface area (Å²) < 4.78 is 4.98. The molecule has 3 nitrogen and oxygen atoms in total. The predicted octanol–water partition coefficient (Wildman–Crippen LogP) is 2.38. The molecule has 1 aromatic rings. The summed E-state index contributed by atoms with van der Waals surface area (Å²) in [6.07, 6.45) is -0.0744. The third kappa shape index (κ3) is 4.64. The molecule has 0 unspecified atom stereocenters. The van der Waals surface area contributed by atoms with Gasteiger partial charge in [0, 0.05) is 11.6 Å². The Morgan fingerprint density at radius 2 is 2.12 bits per heavy atom. The van der Waals surface area contributed by atoms with Crippen LogP contribution in [0, 0.1) is 0 Å². The van der Waals surface area contributed by atoms with E-state index in [0.717, 1.165) is 5.56 Å². The molecule has 0 amide bonds. The normalized spacial score (nSPS) is 10.5. The van der Waals surface area contributed by atoms with E-state index in [1.165, 1.54) is 0 Å². The Bertz CT molecular complexity index is 353. The molecule has 0 aliphatic carbocycles. The van der Waals surface area contributed by atoms with Gasteiger partial charge in [0.05, 0.1) is 12.6 Å². The number of halogens is 1. The van der Waals surface area contributed by atoms with Crippen molar-refractivity contribution < 1.29 is 9.53 Å². The minimum Gasteiger partial charge on any atom is -0.462 e. The van der Waals surface area contributed by atoms with Crippen LogP contribution in [0.25, 0.3) is 0 Å². The number of carbonyl (C=O) groups excluding carboxylic acids is 1. The summed E-state index contributed by atoms with van der Waals surface area (Å²) in [5, 5.41) is 3.69. The van der Waals surface area contributed by atoms with Crippen LogP contribution >= 0.6 is 11.6 Å². The summed E-state index contributed by atoms with van der Waals surface area (Å²) in [6.45, 7) is 4.41. The highest BCUT2D eigenvalue weighted by molar-refractivity contribution is 6.31. The van der Waals surface area contributed by atoms with Gasteiger partial charge in [-0.2, -0.15) is 0 Å². The van der Waals surface area contributed by atoms with Gasteiger partial charge in [-0.05, 0) is 25.5 Å². The molecule has 1 aromatic carbocycles. The molecule has 0 saturated carbocycles. The van der Waals surface area contributed by atoms with Crippen molar-refractivity contribution in [2.45, 2.75) is 26.5 Å². The minimum atomic E-state index is -0.248. The predicted molar refractivity (Wildman–Crippen MR) is 64.4 cm³/mol. The van der Waals surface area contributed by atoms with Crippen LogP contribution in [0.15, 0.2) is 24.3 Å². The smallest absolute Gasteiger partial charge is 0.320 e. The highest BCUT2D eigenvalue weighted by atomic mass is 35.5. The van der Waals surface area contributed by atoms with Crippen molar-refractivity contribution in [3.8, 4) is 0 Å². The Labute approximate surface area is 101 Å². The van der Waals surface area contributed by atoms with E-state index in [4.69, 9.17) is 16.3 Å². The maximum Gasteiger partial charge on any atom is 0.320 e. The first-order valence-electron chi connectivity index (χ1n) is 5.23. The Hall–Kier alpha value is -1.06. The first-order chi connectivity index (χ1) is 7.59. The van der Waals surface area contributed by atoms with Gasteiger partial charge in [0.25, 0.3) is 0 Å². The van der Waals surface area contributed by atoms with Gasteiger partial charge in [-0.1, -0.05) is 29.8 Å². The second-order valence-corrected chi connectivity index (χ2v) is 4.14. The van der Waals surface area contributed by atoms with E-state index in [0.29, 0.717) is 11.6 Å². The monoisotopic (exact) mass is 241 g/mol. The average Bonchev–Trinajstić information content (AvgIpc) is 2.19. The molecule has 4 heteroatoms. The molecule has 0 aliphatic heterocycles. The molecule has 0 aromatic heterocycles. The minimum absolute atomic E-state index is 0.0744. The van der Waals surface area contributed by atoms with Crippen molar-refractivity contribution in [3.63, 3.8) is 0 Å². The van der Waals surface area contributed by atoms with Crippen LogP contribution in [-0.4, -0.2) is 18.6 Å². The van der Waals surface area contributed by atoms with Crippen LogP contribution in [0.2, 0.25) is 5.02 Å². The van der Waals surface area contributed by atoms with Crippen molar-refractivity contribution >= 4 is 17.6 Å². The molecule has 0 aliphatic rings. The Kier molecular flexibility index (Phi) is 5.29. The van der Waals surface area contributed by atoms with E-state index in [-0.39, 0.29) is 18.6 Å². The van der Waals surface area contributed by atoms with Crippen molar-refractivity contribution in [2.24, 2.45) is 0 Å². The first-order valence-corrected chi connectivity index (χ1v) is 5.61. The standard InChI is InChI=1S/C12H16ClNO2/c1-9(2)16-12(15)8-14-7-10-5-3-4-6-11(10)13/h3-6,9,14H,7-8H2,1-2H3. The zero-order chi connectivity index (χ0) is 12.0. The summed E-state index contributed by atoms with van der Waals surface area (Å²) in [7, 11) is 0. The summed E-state index contributed by atoms with van der Waals surface area (Å²) >= 11 is 5.97. The summed E-state index contributed by atoms with van der Waals surface area (Å²) in [5.41, 5.74) is 0.974. The molecule has 1 N–H and O–H groups in total. The number of hydrogen-bond acceptors (Lipinski definition) is 3. The number of esters is 1. The number of rotatable bonds is 5. The molecule has 0 bridgehead atoms. The lowest BCUT2D eigenvalue weighted by Crippen LogP contribution is -2.26. The van der Waals surface area contributed by atoms with E-state index in [9.17, 15) is 4.79 Å². The van der Waals surface area contributed by atoms with Gasteiger partial charge >= 0.3 is 5.97 Å². The fourth-order valence-corrected chi connectivity index (χ4v) is 1.45. The molecule has 16 heavy (non-hydrogen) atoms. The second kappa shape index (κ2) is 6.51. The van der Waals surface area contributed by atoms with E-state index >= 15 is 0 Å². The quantitative estimate of drug-likeness (QED) is 0.805. The van der Waals surface area contributed by atoms with Crippen LogP contribution in [0.5, 0.6) is 0 Å². The first kappa shape index (κ1) is 13.0. The molecule has 88 valence electrons. The number of hydrogen-bond donors (Lipinski definition) is 1. The van der Waals surface area contributed by atoms with Gasteiger partial charge in [-0.3, -0.25) is 4.79 Å². The molecular weight excluding hydrogens is 226 g/mol. The number of nitrogens with one attached hydrogen (secondary N) is 1. The average molecular weight is 242 g/mol. The lowest BCUT2D eigenvalue weighted by molar-refractivity contribution is -0.146. The van der Waals surface area contributed by atoms with Crippen molar-refractivity contribution in [1.82, 2.24) is 5.32 Å². The van der Waals surface area contributed by atoms with Crippen molar-refractivity contribution in [3.05, 3.63) is 34.9 Å². The van der Waals surface area contributed by atoms with Crippen LogP contribution in [0.3, 0.4) is 0 Å².